The van der Waals surface area contributed by atoms with Gasteiger partial charge >= 0.3 is 0 Å². The Balaban J connectivity index is 2.45. The summed E-state index contributed by atoms with van der Waals surface area (Å²) in [4.78, 5) is 14.3. The Morgan fingerprint density at radius 3 is 2.69 bits per heavy atom. The highest BCUT2D eigenvalue weighted by Gasteiger charge is 2.39. The van der Waals surface area contributed by atoms with Gasteiger partial charge in [-0.25, -0.2) is 0 Å². The summed E-state index contributed by atoms with van der Waals surface area (Å²) in [5.41, 5.74) is -0.161. The Kier molecular flexibility index (Phi) is 4.74. The normalized spacial score (nSPS) is 27.1. The van der Waals surface area contributed by atoms with E-state index < -0.39 is 0 Å². The molecule has 1 amide bonds. The number of nitrogens with one attached hydrogen (secondary N) is 2. The molecule has 4 heteroatoms. The van der Waals surface area contributed by atoms with Crippen LogP contribution in [0.5, 0.6) is 0 Å². The monoisotopic (exact) mass is 227 g/mol. The van der Waals surface area contributed by atoms with Crippen LogP contribution in [-0.2, 0) is 4.79 Å². The van der Waals surface area contributed by atoms with Gasteiger partial charge in [-0.3, -0.25) is 4.79 Å². The molecule has 1 rings (SSSR count). The molecule has 0 bridgehead atoms. The highest BCUT2D eigenvalue weighted by atomic mass is 16.2. The van der Waals surface area contributed by atoms with Crippen molar-refractivity contribution in [3.8, 4) is 0 Å². The van der Waals surface area contributed by atoms with E-state index in [1.54, 1.807) is 0 Å². The first kappa shape index (κ1) is 13.5. The minimum atomic E-state index is -0.161. The molecule has 2 N–H and O–H groups in total. The first-order valence-corrected chi connectivity index (χ1v) is 6.17. The molecule has 0 aromatic carbocycles. The van der Waals surface area contributed by atoms with Crippen LogP contribution in [0.1, 0.15) is 26.7 Å². The molecule has 0 saturated carbocycles. The molecule has 4 nitrogen and oxygen atoms in total. The molecule has 2 unspecified atom stereocenters. The lowest BCUT2D eigenvalue weighted by molar-refractivity contribution is -0.130. The second-order valence-electron chi connectivity index (χ2n) is 5.08. The Labute approximate surface area is 98.8 Å². The van der Waals surface area contributed by atoms with Gasteiger partial charge in [0.2, 0.25) is 5.91 Å². The summed E-state index contributed by atoms with van der Waals surface area (Å²) in [6, 6.07) is 0.382. The number of carbonyl (C=O) groups excluding carboxylic acids is 1. The van der Waals surface area contributed by atoms with Gasteiger partial charge in [-0.2, -0.15) is 0 Å². The number of likely N-dealkylation sites (N-methyl/N-ethyl adjacent to an activating group) is 1. The number of rotatable bonds is 5. The highest BCUT2D eigenvalue weighted by molar-refractivity contribution is 5.83. The molecular weight excluding hydrogens is 202 g/mol. The quantitative estimate of drug-likeness (QED) is 0.716. The Hall–Kier alpha value is -0.610. The molecule has 16 heavy (non-hydrogen) atoms. The van der Waals surface area contributed by atoms with E-state index in [2.05, 4.69) is 29.4 Å². The Morgan fingerprint density at radius 2 is 2.25 bits per heavy atom. The van der Waals surface area contributed by atoms with Crippen LogP contribution >= 0.6 is 0 Å². The largest absolute Gasteiger partial charge is 0.354 e. The van der Waals surface area contributed by atoms with Crippen molar-refractivity contribution in [2.24, 2.45) is 5.41 Å². The van der Waals surface area contributed by atoms with Crippen LogP contribution in [0.2, 0.25) is 0 Å². The molecule has 0 aliphatic carbocycles. The van der Waals surface area contributed by atoms with Crippen LogP contribution in [0.4, 0.5) is 0 Å². The van der Waals surface area contributed by atoms with Gasteiger partial charge in [0.1, 0.15) is 0 Å². The number of hydrogen-bond acceptors (Lipinski definition) is 3. The van der Waals surface area contributed by atoms with Crippen LogP contribution in [0.15, 0.2) is 0 Å². The van der Waals surface area contributed by atoms with Crippen molar-refractivity contribution in [1.82, 2.24) is 15.5 Å². The van der Waals surface area contributed by atoms with E-state index in [9.17, 15) is 4.79 Å². The molecule has 1 aliphatic rings. The van der Waals surface area contributed by atoms with Crippen molar-refractivity contribution in [3.63, 3.8) is 0 Å². The molecule has 2 atom stereocenters. The van der Waals surface area contributed by atoms with Crippen molar-refractivity contribution in [2.45, 2.75) is 32.7 Å². The van der Waals surface area contributed by atoms with E-state index in [0.717, 1.165) is 32.5 Å². The lowest BCUT2D eigenvalue weighted by Gasteiger charge is -2.27. The lowest BCUT2D eigenvalue weighted by Crippen LogP contribution is -2.46. The first-order valence-electron chi connectivity index (χ1n) is 6.17. The SMILES string of the molecule is CCC1(C(=O)NCC(C)N(C)C)CCNC1. The fourth-order valence-corrected chi connectivity index (χ4v) is 2.01. The minimum Gasteiger partial charge on any atom is -0.354 e. The van der Waals surface area contributed by atoms with Gasteiger partial charge in [0.15, 0.2) is 0 Å². The molecule has 1 saturated heterocycles. The second-order valence-corrected chi connectivity index (χ2v) is 5.08. The van der Waals surface area contributed by atoms with Gasteiger partial charge in [0, 0.05) is 19.1 Å². The summed E-state index contributed by atoms with van der Waals surface area (Å²) >= 11 is 0. The van der Waals surface area contributed by atoms with Gasteiger partial charge in [-0.1, -0.05) is 6.92 Å². The third-order valence-electron chi connectivity index (χ3n) is 3.84. The second kappa shape index (κ2) is 5.64. The molecule has 0 radical (unpaired) electrons. The molecule has 0 aromatic heterocycles. The molecular formula is C12H25N3O. The fraction of sp³-hybridized carbons (Fsp3) is 0.917. The third kappa shape index (κ3) is 2.95. The van der Waals surface area contributed by atoms with Gasteiger partial charge in [-0.05, 0) is 40.4 Å². The smallest absolute Gasteiger partial charge is 0.227 e. The minimum absolute atomic E-state index is 0.161. The summed E-state index contributed by atoms with van der Waals surface area (Å²) in [5, 5.41) is 6.36. The van der Waals surface area contributed by atoms with Crippen LogP contribution in [0, 0.1) is 5.41 Å². The van der Waals surface area contributed by atoms with Crippen molar-refractivity contribution in [3.05, 3.63) is 0 Å². The molecule has 1 fully saturated rings. The average molecular weight is 227 g/mol. The van der Waals surface area contributed by atoms with Crippen molar-refractivity contribution < 1.29 is 4.79 Å². The summed E-state index contributed by atoms with van der Waals surface area (Å²) in [7, 11) is 4.06. The van der Waals surface area contributed by atoms with Crippen LogP contribution in [0.25, 0.3) is 0 Å². The fourth-order valence-electron chi connectivity index (χ4n) is 2.01. The van der Waals surface area contributed by atoms with Crippen LogP contribution < -0.4 is 10.6 Å². The molecule has 1 aliphatic heterocycles. The lowest BCUT2D eigenvalue weighted by atomic mass is 9.83. The summed E-state index contributed by atoms with van der Waals surface area (Å²) in [5.74, 6) is 0.216. The van der Waals surface area contributed by atoms with Crippen LogP contribution in [-0.4, -0.2) is 50.6 Å². The topological polar surface area (TPSA) is 44.4 Å². The average Bonchev–Trinajstić information content (AvgIpc) is 2.74. The Bertz CT molecular complexity index is 234. The number of amides is 1. The van der Waals surface area contributed by atoms with Gasteiger partial charge < -0.3 is 15.5 Å². The zero-order valence-corrected chi connectivity index (χ0v) is 11.0. The van der Waals surface area contributed by atoms with Crippen molar-refractivity contribution >= 4 is 5.91 Å². The van der Waals surface area contributed by atoms with E-state index in [0.29, 0.717) is 6.04 Å². The highest BCUT2D eigenvalue weighted by Crippen LogP contribution is 2.29. The molecule has 94 valence electrons. The van der Waals surface area contributed by atoms with Gasteiger partial charge in [-0.15, -0.1) is 0 Å². The standard InChI is InChI=1S/C12H25N3O/c1-5-12(6-7-13-9-12)11(16)14-8-10(2)15(3)4/h10,13H,5-9H2,1-4H3,(H,14,16). The first-order chi connectivity index (χ1) is 7.52. The van der Waals surface area contributed by atoms with E-state index in [4.69, 9.17) is 0 Å². The summed E-state index contributed by atoms with van der Waals surface area (Å²) < 4.78 is 0. The zero-order valence-electron chi connectivity index (χ0n) is 11.0. The third-order valence-corrected chi connectivity index (χ3v) is 3.84. The van der Waals surface area contributed by atoms with Gasteiger partial charge in [0.25, 0.3) is 0 Å². The number of hydrogen-bond donors (Lipinski definition) is 2. The maximum atomic E-state index is 12.2. The number of nitrogens with zero attached hydrogens (tertiary/aromatic N) is 1. The molecule has 1 heterocycles. The summed E-state index contributed by atoms with van der Waals surface area (Å²) in [6.45, 7) is 6.73. The Morgan fingerprint density at radius 1 is 1.56 bits per heavy atom. The maximum Gasteiger partial charge on any atom is 0.227 e. The van der Waals surface area contributed by atoms with Gasteiger partial charge in [0.05, 0.1) is 5.41 Å². The zero-order chi connectivity index (χ0) is 12.2. The van der Waals surface area contributed by atoms with E-state index in [1.165, 1.54) is 0 Å². The number of carbonyl (C=O) groups is 1. The summed E-state index contributed by atoms with van der Waals surface area (Å²) in [6.07, 6.45) is 1.88. The van der Waals surface area contributed by atoms with Crippen LogP contribution in [0.3, 0.4) is 0 Å². The van der Waals surface area contributed by atoms with Crippen molar-refractivity contribution in [2.75, 3.05) is 33.7 Å². The molecule has 0 spiro atoms. The molecule has 0 aromatic rings. The van der Waals surface area contributed by atoms with Crippen molar-refractivity contribution in [1.29, 1.82) is 0 Å². The predicted molar refractivity (Wildman–Crippen MR) is 66.4 cm³/mol. The predicted octanol–water partition coefficient (Wildman–Crippen LogP) is 0.442. The van der Waals surface area contributed by atoms with E-state index in [-0.39, 0.29) is 11.3 Å². The maximum absolute atomic E-state index is 12.2. The van der Waals surface area contributed by atoms with E-state index in [1.807, 2.05) is 14.1 Å². The van der Waals surface area contributed by atoms with E-state index >= 15 is 0 Å².